The number of imide groups is 2. The van der Waals surface area contributed by atoms with E-state index >= 15 is 4.79 Å². The highest BCUT2D eigenvalue weighted by Crippen LogP contribution is 2.65. The van der Waals surface area contributed by atoms with E-state index in [4.69, 9.17) is 21.1 Å². The van der Waals surface area contributed by atoms with Crippen LogP contribution in [0.15, 0.2) is 96.6 Å². The maximum atomic E-state index is 15.4. The number of hydrazine groups is 1. The van der Waals surface area contributed by atoms with Crippen molar-refractivity contribution < 1.29 is 42.9 Å². The average molecular weight is 764 g/mol. The quantitative estimate of drug-likeness (QED) is 0.115. The minimum absolute atomic E-state index is 0.0286. The number of benzene rings is 4. The molecule has 0 spiro atoms. The van der Waals surface area contributed by atoms with E-state index in [-0.39, 0.29) is 41.6 Å². The molecule has 2 N–H and O–H groups in total. The van der Waals surface area contributed by atoms with E-state index in [0.717, 1.165) is 9.91 Å². The van der Waals surface area contributed by atoms with Crippen LogP contribution in [0.1, 0.15) is 47.2 Å². The van der Waals surface area contributed by atoms with Gasteiger partial charge in [0.05, 0.1) is 48.8 Å². The fourth-order valence-electron chi connectivity index (χ4n) is 9.21. The highest BCUT2D eigenvalue weighted by molar-refractivity contribution is 6.30. The van der Waals surface area contributed by atoms with Gasteiger partial charge in [0.1, 0.15) is 5.82 Å². The van der Waals surface area contributed by atoms with E-state index in [9.17, 15) is 28.7 Å². The topological polar surface area (TPSA) is 143 Å². The lowest BCUT2D eigenvalue weighted by Crippen LogP contribution is -2.53. The third-order valence-electron chi connectivity index (χ3n) is 11.6. The number of aromatic hydroxyl groups is 1. The Morgan fingerprint density at radius 2 is 1.51 bits per heavy atom. The zero-order valence-corrected chi connectivity index (χ0v) is 30.7. The minimum Gasteiger partial charge on any atom is -0.502 e. The number of phenolic OH excluding ortho intramolecular Hbond substituents is 1. The van der Waals surface area contributed by atoms with Crippen molar-refractivity contribution in [2.75, 3.05) is 24.5 Å². The summed E-state index contributed by atoms with van der Waals surface area (Å²) in [5, 5.41) is 12.3. The molecular weight excluding hydrogens is 729 g/mol. The van der Waals surface area contributed by atoms with Crippen molar-refractivity contribution in [1.82, 2.24) is 5.01 Å². The van der Waals surface area contributed by atoms with Gasteiger partial charge in [-0.05, 0) is 110 Å². The molecule has 55 heavy (non-hydrogen) atoms. The largest absolute Gasteiger partial charge is 0.502 e. The van der Waals surface area contributed by atoms with Gasteiger partial charge >= 0.3 is 0 Å². The summed E-state index contributed by atoms with van der Waals surface area (Å²) < 4.78 is 25.1. The average Bonchev–Trinajstić information content (AvgIpc) is 3.56. The Morgan fingerprint density at radius 1 is 0.873 bits per heavy atom. The molecular formula is C42H35ClFN3O8. The minimum atomic E-state index is -1.65. The number of hydrogen-bond acceptors (Lipinski definition) is 9. The zero-order chi connectivity index (χ0) is 38.9. The first-order valence-corrected chi connectivity index (χ1v) is 18.1. The van der Waals surface area contributed by atoms with Crippen molar-refractivity contribution in [2.45, 2.75) is 31.1 Å². The number of hydrogen-bond donors (Lipinski definition) is 2. The van der Waals surface area contributed by atoms with Gasteiger partial charge in [0.15, 0.2) is 17.3 Å². The first-order valence-electron chi connectivity index (χ1n) is 17.7. The molecule has 13 heteroatoms. The number of nitrogens with zero attached hydrogens (tertiary/aromatic N) is 2. The molecule has 4 aliphatic rings. The number of ketones is 1. The van der Waals surface area contributed by atoms with Gasteiger partial charge in [0.2, 0.25) is 17.6 Å². The number of carbonyl (C=O) groups excluding carboxylic acids is 5. The Kier molecular flexibility index (Phi) is 8.76. The number of Topliss-reactive ketones (excluding diaryl/α,β-unsaturated/α-hetero) is 1. The van der Waals surface area contributed by atoms with E-state index in [1.54, 1.807) is 60.7 Å². The Balaban J connectivity index is 1.33. The van der Waals surface area contributed by atoms with Gasteiger partial charge in [-0.25, -0.2) is 4.39 Å². The number of nitrogens with one attached hydrogen (secondary N) is 1. The molecule has 0 aromatic heterocycles. The van der Waals surface area contributed by atoms with Crippen LogP contribution in [-0.2, 0) is 24.6 Å². The number of halogens is 2. The van der Waals surface area contributed by atoms with Gasteiger partial charge < -0.3 is 14.6 Å². The van der Waals surface area contributed by atoms with Gasteiger partial charge in [-0.1, -0.05) is 35.4 Å². The van der Waals surface area contributed by atoms with Gasteiger partial charge in [-0.3, -0.25) is 34.3 Å². The Bertz CT molecular complexity index is 2290. The normalized spacial score (nSPS) is 25.6. The molecule has 0 unspecified atom stereocenters. The first kappa shape index (κ1) is 36.0. The van der Waals surface area contributed by atoms with E-state index in [1.807, 2.05) is 6.08 Å². The molecule has 11 nitrogen and oxygen atoms in total. The highest BCUT2D eigenvalue weighted by atomic mass is 35.5. The molecule has 6 atom stereocenters. The smallest absolute Gasteiger partial charge is 0.260 e. The lowest BCUT2D eigenvalue weighted by Gasteiger charge is -2.50. The van der Waals surface area contributed by atoms with Crippen molar-refractivity contribution in [3.63, 3.8) is 0 Å². The summed E-state index contributed by atoms with van der Waals surface area (Å²) in [5.41, 5.74) is 3.92. The number of amides is 4. The lowest BCUT2D eigenvalue weighted by atomic mass is 9.49. The summed E-state index contributed by atoms with van der Waals surface area (Å²) in [6, 6.07) is 21.4. The monoisotopic (exact) mass is 763 g/mol. The number of carbonyl (C=O) groups is 5. The van der Waals surface area contributed by atoms with Crippen molar-refractivity contribution in [3.8, 4) is 17.2 Å². The number of ether oxygens (including phenoxy) is 2. The summed E-state index contributed by atoms with van der Waals surface area (Å²) in [5.74, 6) is -7.20. The summed E-state index contributed by atoms with van der Waals surface area (Å²) >= 11 is 6.38. The van der Waals surface area contributed by atoms with Crippen molar-refractivity contribution >= 4 is 52.4 Å². The fraction of sp³-hybridized carbons (Fsp3) is 0.262. The standard InChI is InChI=1S/C42H35ClFN3O8/c1-21(48)22-4-14-28(15-5-22)46-38(50)30-17-16-29-31(35(30)40(46)52)20-32-39(51)47(45-27-12-10-26(44)11-13-27)41(53)42(32,24-6-8-25(43)9-7-24)36(29)23-18-33(54-2)37(49)34(19-23)55-3/h4-16,18-19,30-32,35-36,45,49H,17,20H2,1-3H3/t30-,31+,32-,35-,36-,42+/m0/s1. The fourth-order valence-corrected chi connectivity index (χ4v) is 9.34. The second kappa shape index (κ2) is 13.4. The number of allylic oxidation sites excluding steroid dienone is 2. The Morgan fingerprint density at radius 3 is 2.11 bits per heavy atom. The van der Waals surface area contributed by atoms with Crippen molar-refractivity contribution in [1.29, 1.82) is 0 Å². The molecule has 3 fully saturated rings. The third-order valence-corrected chi connectivity index (χ3v) is 11.9. The third kappa shape index (κ3) is 5.41. The van der Waals surface area contributed by atoms with Gasteiger partial charge in [0.25, 0.3) is 11.8 Å². The summed E-state index contributed by atoms with van der Waals surface area (Å²) in [7, 11) is 2.76. The van der Waals surface area contributed by atoms with Crippen LogP contribution in [0.5, 0.6) is 17.2 Å². The van der Waals surface area contributed by atoms with Crippen LogP contribution in [0.2, 0.25) is 5.02 Å². The number of fused-ring (bicyclic) bond motifs is 4. The van der Waals surface area contributed by atoms with Crippen LogP contribution >= 0.6 is 11.6 Å². The molecule has 2 saturated heterocycles. The van der Waals surface area contributed by atoms with Crippen LogP contribution in [0, 0.1) is 29.5 Å². The molecule has 0 radical (unpaired) electrons. The van der Waals surface area contributed by atoms with E-state index < -0.39 is 64.5 Å². The van der Waals surface area contributed by atoms with Crippen LogP contribution in [0.25, 0.3) is 0 Å². The van der Waals surface area contributed by atoms with Crippen LogP contribution < -0.4 is 19.8 Å². The molecule has 2 aliphatic carbocycles. The van der Waals surface area contributed by atoms with Gasteiger partial charge in [0, 0.05) is 16.5 Å². The molecule has 4 aromatic rings. The number of anilines is 2. The molecule has 8 rings (SSSR count). The molecule has 1 saturated carbocycles. The van der Waals surface area contributed by atoms with Gasteiger partial charge in [-0.15, -0.1) is 0 Å². The number of methoxy groups -OCH3 is 2. The zero-order valence-electron chi connectivity index (χ0n) is 29.9. The Hall–Kier alpha value is -6.01. The lowest BCUT2D eigenvalue weighted by molar-refractivity contribution is -0.138. The van der Waals surface area contributed by atoms with E-state index in [0.29, 0.717) is 33.0 Å². The maximum Gasteiger partial charge on any atom is 0.260 e. The summed E-state index contributed by atoms with van der Waals surface area (Å²) in [6.07, 6.45) is 2.10. The van der Waals surface area contributed by atoms with Crippen LogP contribution in [0.3, 0.4) is 0 Å². The van der Waals surface area contributed by atoms with Gasteiger partial charge in [-0.2, -0.15) is 5.01 Å². The van der Waals surface area contributed by atoms with Crippen LogP contribution in [-0.4, -0.2) is 53.7 Å². The summed E-state index contributed by atoms with van der Waals surface area (Å²) in [6.45, 7) is 1.43. The van der Waals surface area contributed by atoms with E-state index in [2.05, 4.69) is 5.43 Å². The number of rotatable bonds is 8. The highest BCUT2D eigenvalue weighted by Gasteiger charge is 2.70. The second-order valence-corrected chi connectivity index (χ2v) is 14.7. The predicted octanol–water partition coefficient (Wildman–Crippen LogP) is 6.59. The second-order valence-electron chi connectivity index (χ2n) is 14.3. The molecule has 2 aliphatic heterocycles. The SMILES string of the molecule is COc1cc([C@H]2C3=CC[C@@H]4C(=O)N(c5ccc(C(C)=O)cc5)C(=O)[C@@H]4[C@@H]3C[C@H]3C(=O)N(Nc4ccc(F)cc4)C(=O)[C@@]23c2ccc(Cl)cc2)cc(OC)c1O. The molecule has 280 valence electrons. The maximum absolute atomic E-state index is 15.4. The Labute approximate surface area is 320 Å². The summed E-state index contributed by atoms with van der Waals surface area (Å²) in [4.78, 5) is 72.1. The molecule has 0 bridgehead atoms. The molecule has 2 heterocycles. The first-order chi connectivity index (χ1) is 26.4. The van der Waals surface area contributed by atoms with Crippen LogP contribution in [0.4, 0.5) is 15.8 Å². The molecule has 4 aromatic carbocycles. The molecule has 4 amide bonds. The van der Waals surface area contributed by atoms with E-state index in [1.165, 1.54) is 45.4 Å². The predicted molar refractivity (Wildman–Crippen MR) is 199 cm³/mol. The number of phenols is 1. The van der Waals surface area contributed by atoms with Crippen molar-refractivity contribution in [2.24, 2.45) is 23.7 Å². The van der Waals surface area contributed by atoms with Crippen molar-refractivity contribution in [3.05, 3.63) is 124 Å².